The minimum absolute atomic E-state index is 0.167. The maximum absolute atomic E-state index is 13.3. The Morgan fingerprint density at radius 1 is 0.912 bits per heavy atom. The normalized spacial score (nSPS) is 17.3. The summed E-state index contributed by atoms with van der Waals surface area (Å²) in [6, 6.07) is 14.7. The Morgan fingerprint density at radius 3 is 2.29 bits per heavy atom. The maximum atomic E-state index is 13.3. The first-order chi connectivity index (χ1) is 16.5. The zero-order chi connectivity index (χ0) is 23.9. The minimum atomic E-state index is 0.167. The summed E-state index contributed by atoms with van der Waals surface area (Å²) in [5.41, 5.74) is 4.35. The van der Waals surface area contributed by atoms with Crippen molar-refractivity contribution in [2.45, 2.75) is 52.4 Å². The van der Waals surface area contributed by atoms with Crippen LogP contribution in [-0.2, 0) is 0 Å². The van der Waals surface area contributed by atoms with Crippen molar-refractivity contribution in [1.29, 1.82) is 0 Å². The number of carbonyl (C=O) groups is 1. The zero-order valence-corrected chi connectivity index (χ0v) is 21.3. The summed E-state index contributed by atoms with van der Waals surface area (Å²) in [5, 5.41) is 0. The Kier molecular flexibility index (Phi) is 8.49. The number of hydrogen-bond donors (Lipinski definition) is 0. The second kappa shape index (κ2) is 11.7. The number of rotatable bonds is 8. The minimum Gasteiger partial charge on any atom is -0.494 e. The van der Waals surface area contributed by atoms with Gasteiger partial charge in [0.2, 0.25) is 0 Å². The molecule has 2 aromatic rings. The smallest absolute Gasteiger partial charge is 0.254 e. The van der Waals surface area contributed by atoms with Gasteiger partial charge in [-0.2, -0.15) is 0 Å². The Labute approximate surface area is 205 Å². The van der Waals surface area contributed by atoms with Crippen molar-refractivity contribution < 1.29 is 9.53 Å². The van der Waals surface area contributed by atoms with Gasteiger partial charge >= 0.3 is 0 Å². The van der Waals surface area contributed by atoms with Gasteiger partial charge < -0.3 is 19.4 Å². The number of amides is 1. The SMILES string of the molecule is Cc1ccc(C(C)C)c(C(=O)N2CCN(c3ccc(OCCCN4CCCCC4)cc3)CC2)c1. The third kappa shape index (κ3) is 6.32. The van der Waals surface area contributed by atoms with Crippen molar-refractivity contribution >= 4 is 11.6 Å². The highest BCUT2D eigenvalue weighted by Crippen LogP contribution is 2.25. The summed E-state index contributed by atoms with van der Waals surface area (Å²) in [6.07, 6.45) is 5.15. The highest BCUT2D eigenvalue weighted by atomic mass is 16.5. The van der Waals surface area contributed by atoms with Gasteiger partial charge in [0.1, 0.15) is 5.75 Å². The molecule has 2 fully saturated rings. The zero-order valence-electron chi connectivity index (χ0n) is 21.3. The van der Waals surface area contributed by atoms with Crippen LogP contribution < -0.4 is 9.64 Å². The number of hydrogen-bond acceptors (Lipinski definition) is 4. The van der Waals surface area contributed by atoms with Gasteiger partial charge in [0, 0.05) is 44.0 Å². The number of piperidine rings is 1. The van der Waals surface area contributed by atoms with Crippen LogP contribution in [0.4, 0.5) is 5.69 Å². The fourth-order valence-corrected chi connectivity index (χ4v) is 5.11. The molecule has 2 aliphatic heterocycles. The third-order valence-electron chi connectivity index (χ3n) is 7.17. The molecule has 0 atom stereocenters. The van der Waals surface area contributed by atoms with Crippen LogP contribution in [0.25, 0.3) is 0 Å². The van der Waals surface area contributed by atoms with Crippen molar-refractivity contribution in [1.82, 2.24) is 9.80 Å². The fourth-order valence-electron chi connectivity index (χ4n) is 5.11. The second-order valence-electron chi connectivity index (χ2n) is 10.1. The number of piperazine rings is 1. The highest BCUT2D eigenvalue weighted by molar-refractivity contribution is 5.96. The molecule has 2 saturated heterocycles. The summed E-state index contributed by atoms with van der Waals surface area (Å²) >= 11 is 0. The van der Waals surface area contributed by atoms with E-state index in [4.69, 9.17) is 4.74 Å². The van der Waals surface area contributed by atoms with E-state index in [0.29, 0.717) is 5.92 Å². The van der Waals surface area contributed by atoms with Gasteiger partial charge in [-0.15, -0.1) is 0 Å². The van der Waals surface area contributed by atoms with E-state index in [-0.39, 0.29) is 5.91 Å². The van der Waals surface area contributed by atoms with Crippen LogP contribution in [0.15, 0.2) is 42.5 Å². The van der Waals surface area contributed by atoms with Gasteiger partial charge in [-0.3, -0.25) is 4.79 Å². The highest BCUT2D eigenvalue weighted by Gasteiger charge is 2.24. The summed E-state index contributed by atoms with van der Waals surface area (Å²) in [4.78, 5) is 20.2. The van der Waals surface area contributed by atoms with Crippen LogP contribution in [-0.4, -0.2) is 68.1 Å². The Balaban J connectivity index is 1.25. The second-order valence-corrected chi connectivity index (χ2v) is 10.1. The monoisotopic (exact) mass is 463 g/mol. The van der Waals surface area contributed by atoms with Crippen LogP contribution in [0.5, 0.6) is 5.75 Å². The van der Waals surface area contributed by atoms with Crippen molar-refractivity contribution in [3.63, 3.8) is 0 Å². The van der Waals surface area contributed by atoms with Gasteiger partial charge in [0.15, 0.2) is 0 Å². The van der Waals surface area contributed by atoms with E-state index in [1.165, 1.54) is 38.0 Å². The number of aryl methyl sites for hydroxylation is 1. The Morgan fingerprint density at radius 2 is 1.62 bits per heavy atom. The molecule has 1 amide bonds. The molecule has 2 aromatic carbocycles. The average molecular weight is 464 g/mol. The molecule has 0 aromatic heterocycles. The summed E-state index contributed by atoms with van der Waals surface area (Å²) in [6.45, 7) is 14.0. The number of ether oxygens (including phenoxy) is 1. The van der Waals surface area contributed by atoms with Gasteiger partial charge in [0.25, 0.3) is 5.91 Å². The van der Waals surface area contributed by atoms with E-state index < -0.39 is 0 Å². The van der Waals surface area contributed by atoms with Crippen molar-refractivity contribution in [3.8, 4) is 5.75 Å². The molecule has 0 spiro atoms. The lowest BCUT2D eigenvalue weighted by molar-refractivity contribution is 0.0745. The first-order valence-corrected chi connectivity index (χ1v) is 13.1. The Bertz CT molecular complexity index is 927. The summed E-state index contributed by atoms with van der Waals surface area (Å²) < 4.78 is 5.98. The van der Waals surface area contributed by atoms with Crippen LogP contribution in [0.3, 0.4) is 0 Å². The van der Waals surface area contributed by atoms with Crippen LogP contribution >= 0.6 is 0 Å². The van der Waals surface area contributed by atoms with Gasteiger partial charge in [-0.1, -0.05) is 38.0 Å². The van der Waals surface area contributed by atoms with Crippen molar-refractivity contribution in [2.75, 3.05) is 57.3 Å². The number of carbonyl (C=O) groups excluding carboxylic acids is 1. The van der Waals surface area contributed by atoms with E-state index in [1.54, 1.807) is 0 Å². The summed E-state index contributed by atoms with van der Waals surface area (Å²) in [5.74, 6) is 1.45. The lowest BCUT2D eigenvalue weighted by Gasteiger charge is -2.36. The molecule has 0 aliphatic carbocycles. The quantitative estimate of drug-likeness (QED) is 0.496. The van der Waals surface area contributed by atoms with Gasteiger partial charge in [0.05, 0.1) is 6.61 Å². The molecule has 184 valence electrons. The maximum Gasteiger partial charge on any atom is 0.254 e. The summed E-state index contributed by atoms with van der Waals surface area (Å²) in [7, 11) is 0. The third-order valence-corrected chi connectivity index (χ3v) is 7.17. The molecule has 5 heteroatoms. The molecule has 0 saturated carbocycles. The average Bonchev–Trinajstić information content (AvgIpc) is 2.87. The lowest BCUT2D eigenvalue weighted by Crippen LogP contribution is -2.49. The molecule has 0 radical (unpaired) electrons. The predicted molar refractivity (Wildman–Crippen MR) is 140 cm³/mol. The molecular weight excluding hydrogens is 422 g/mol. The van der Waals surface area contributed by atoms with Crippen molar-refractivity contribution in [3.05, 3.63) is 59.2 Å². The molecule has 5 nitrogen and oxygen atoms in total. The van der Waals surface area contributed by atoms with E-state index in [1.807, 2.05) is 4.90 Å². The molecule has 2 heterocycles. The van der Waals surface area contributed by atoms with E-state index >= 15 is 0 Å². The molecule has 2 aliphatic rings. The van der Waals surface area contributed by atoms with Crippen LogP contribution in [0.2, 0.25) is 0 Å². The lowest BCUT2D eigenvalue weighted by atomic mass is 9.94. The van der Waals surface area contributed by atoms with Gasteiger partial charge in [-0.05, 0) is 81.1 Å². The first kappa shape index (κ1) is 24.6. The molecule has 0 unspecified atom stereocenters. The van der Waals surface area contributed by atoms with E-state index in [9.17, 15) is 4.79 Å². The fraction of sp³-hybridized carbons (Fsp3) is 0.552. The van der Waals surface area contributed by atoms with Crippen LogP contribution in [0.1, 0.15) is 66.9 Å². The molecular formula is C29H41N3O2. The Hall–Kier alpha value is -2.53. The molecule has 0 N–H and O–H groups in total. The standard InChI is InChI=1S/C29H41N3O2/c1-23(2)27-13-8-24(3)22-28(27)29(33)32-19-17-31(18-20-32)25-9-11-26(12-10-25)34-21-7-16-30-14-5-4-6-15-30/h8-13,22-23H,4-7,14-21H2,1-3H3. The molecule has 4 rings (SSSR count). The largest absolute Gasteiger partial charge is 0.494 e. The van der Waals surface area contributed by atoms with Crippen LogP contribution in [0, 0.1) is 6.92 Å². The van der Waals surface area contributed by atoms with Crippen molar-refractivity contribution in [2.24, 2.45) is 0 Å². The predicted octanol–water partition coefficient (Wildman–Crippen LogP) is 5.34. The molecule has 34 heavy (non-hydrogen) atoms. The number of anilines is 1. The number of benzene rings is 2. The van der Waals surface area contributed by atoms with Gasteiger partial charge in [-0.25, -0.2) is 0 Å². The van der Waals surface area contributed by atoms with E-state index in [2.05, 4.69) is 73.0 Å². The number of nitrogens with zero attached hydrogens (tertiary/aromatic N) is 3. The first-order valence-electron chi connectivity index (χ1n) is 13.1. The molecule has 0 bridgehead atoms. The number of likely N-dealkylation sites (tertiary alicyclic amines) is 1. The van der Waals surface area contributed by atoms with E-state index in [0.717, 1.165) is 68.2 Å². The topological polar surface area (TPSA) is 36.0 Å².